The molecule has 2 rings (SSSR count). The van der Waals surface area contributed by atoms with Gasteiger partial charge in [-0.1, -0.05) is 6.07 Å². The molecule has 0 bridgehead atoms. The van der Waals surface area contributed by atoms with E-state index in [1.807, 2.05) is 4.90 Å². The Hall–Kier alpha value is -2.02. The number of carbonyl (C=O) groups is 2. The number of amides is 2. The zero-order chi connectivity index (χ0) is 17.9. The Kier molecular flexibility index (Phi) is 5.88. The highest BCUT2D eigenvalue weighted by atomic mass is 19.1. The summed E-state index contributed by atoms with van der Waals surface area (Å²) in [6.45, 7) is 3.11. The molecule has 5 nitrogen and oxygen atoms in total. The van der Waals surface area contributed by atoms with Gasteiger partial charge in [0.05, 0.1) is 5.92 Å². The quantitative estimate of drug-likeness (QED) is 0.835. The van der Waals surface area contributed by atoms with E-state index in [2.05, 4.69) is 0 Å². The number of nitrogens with zero attached hydrogens (tertiary/aromatic N) is 3. The number of rotatable bonds is 3. The smallest absolute Gasteiger partial charge is 0.228 e. The third kappa shape index (κ3) is 4.29. The van der Waals surface area contributed by atoms with Gasteiger partial charge in [0.1, 0.15) is 11.6 Å². The van der Waals surface area contributed by atoms with Gasteiger partial charge >= 0.3 is 0 Å². The zero-order valence-electron chi connectivity index (χ0n) is 14.3. The minimum atomic E-state index is -0.599. The van der Waals surface area contributed by atoms with Crippen LogP contribution in [0, 0.1) is 17.6 Å². The van der Waals surface area contributed by atoms with Gasteiger partial charge in [0.25, 0.3) is 0 Å². The average Bonchev–Trinajstić information content (AvgIpc) is 2.73. The van der Waals surface area contributed by atoms with E-state index in [0.29, 0.717) is 26.2 Å². The lowest BCUT2D eigenvalue weighted by Crippen LogP contribution is -2.41. The molecule has 1 saturated heterocycles. The summed E-state index contributed by atoms with van der Waals surface area (Å²) < 4.78 is 27.8. The highest BCUT2D eigenvalue weighted by molar-refractivity contribution is 5.80. The highest BCUT2D eigenvalue weighted by Gasteiger charge is 2.30. The van der Waals surface area contributed by atoms with Crippen LogP contribution in [0.15, 0.2) is 18.2 Å². The molecular weight excluding hydrogens is 316 g/mol. The Morgan fingerprint density at radius 1 is 1.17 bits per heavy atom. The van der Waals surface area contributed by atoms with Crippen molar-refractivity contribution >= 4 is 11.8 Å². The van der Waals surface area contributed by atoms with Crippen LogP contribution in [-0.2, 0) is 16.1 Å². The molecule has 7 heteroatoms. The van der Waals surface area contributed by atoms with Gasteiger partial charge in [-0.05, 0) is 12.1 Å². The Morgan fingerprint density at radius 3 is 2.33 bits per heavy atom. The number of hydrogen-bond acceptors (Lipinski definition) is 3. The lowest BCUT2D eigenvalue weighted by Gasteiger charge is -2.26. The van der Waals surface area contributed by atoms with Crippen molar-refractivity contribution in [3.05, 3.63) is 35.4 Å². The van der Waals surface area contributed by atoms with Crippen LogP contribution >= 0.6 is 0 Å². The Labute approximate surface area is 140 Å². The topological polar surface area (TPSA) is 43.9 Å². The van der Waals surface area contributed by atoms with E-state index >= 15 is 0 Å². The van der Waals surface area contributed by atoms with Crippen molar-refractivity contribution in [3.8, 4) is 0 Å². The third-order valence-corrected chi connectivity index (χ3v) is 4.28. The van der Waals surface area contributed by atoms with Crippen LogP contribution < -0.4 is 0 Å². The molecule has 2 amide bonds. The monoisotopic (exact) mass is 339 g/mol. The molecule has 132 valence electrons. The van der Waals surface area contributed by atoms with Crippen LogP contribution in [0.5, 0.6) is 0 Å². The molecule has 1 heterocycles. The van der Waals surface area contributed by atoms with Crippen molar-refractivity contribution in [1.29, 1.82) is 0 Å². The minimum absolute atomic E-state index is 0.00942. The van der Waals surface area contributed by atoms with Gasteiger partial charge in [-0.2, -0.15) is 0 Å². The molecule has 0 N–H and O–H groups in total. The molecule has 0 saturated carbocycles. The Balaban J connectivity index is 2.20. The molecule has 0 aromatic heterocycles. The molecule has 1 aromatic carbocycles. The molecule has 1 atom stereocenters. The van der Waals surface area contributed by atoms with E-state index < -0.39 is 17.6 Å². The van der Waals surface area contributed by atoms with Crippen molar-refractivity contribution in [2.75, 3.05) is 40.3 Å². The second-order valence-electron chi connectivity index (χ2n) is 6.33. The fourth-order valence-corrected chi connectivity index (χ4v) is 2.94. The van der Waals surface area contributed by atoms with Crippen LogP contribution in [0.4, 0.5) is 8.78 Å². The fourth-order valence-electron chi connectivity index (χ4n) is 2.94. The van der Waals surface area contributed by atoms with E-state index in [9.17, 15) is 18.4 Å². The minimum Gasteiger partial charge on any atom is -0.348 e. The maximum absolute atomic E-state index is 13.9. The van der Waals surface area contributed by atoms with Crippen LogP contribution in [0.25, 0.3) is 0 Å². The number of halogens is 2. The van der Waals surface area contributed by atoms with E-state index in [4.69, 9.17) is 0 Å². The van der Waals surface area contributed by atoms with Crippen molar-refractivity contribution < 1.29 is 18.4 Å². The molecular formula is C17H23F2N3O2. The van der Waals surface area contributed by atoms with Crippen LogP contribution in [-0.4, -0.2) is 66.8 Å². The van der Waals surface area contributed by atoms with Gasteiger partial charge in [0, 0.05) is 59.3 Å². The fraction of sp³-hybridized carbons (Fsp3) is 0.529. The first kappa shape index (κ1) is 18.3. The molecule has 1 fully saturated rings. The van der Waals surface area contributed by atoms with Gasteiger partial charge in [-0.15, -0.1) is 0 Å². The van der Waals surface area contributed by atoms with E-state index in [1.54, 1.807) is 19.0 Å². The summed E-state index contributed by atoms with van der Waals surface area (Å²) in [6.07, 6.45) is 0. The average molecular weight is 339 g/mol. The molecule has 24 heavy (non-hydrogen) atoms. The maximum Gasteiger partial charge on any atom is 0.228 e. The maximum atomic E-state index is 13.9. The Morgan fingerprint density at radius 2 is 1.79 bits per heavy atom. The lowest BCUT2D eigenvalue weighted by molar-refractivity contribution is -0.135. The standard InChI is InChI=1S/C17H23F2N3O2/c1-12(23)22-8-7-21(9-13(10-22)17(24)20(2)3)11-14-15(18)5-4-6-16(14)19/h4-6,13H,7-11H2,1-3H3. The van der Waals surface area contributed by atoms with E-state index in [0.717, 1.165) is 0 Å². The molecule has 0 spiro atoms. The van der Waals surface area contributed by atoms with Gasteiger partial charge in [-0.3, -0.25) is 14.5 Å². The van der Waals surface area contributed by atoms with Crippen LogP contribution in [0.3, 0.4) is 0 Å². The predicted octanol–water partition coefficient (Wildman–Crippen LogP) is 1.33. The van der Waals surface area contributed by atoms with Crippen molar-refractivity contribution in [2.45, 2.75) is 13.5 Å². The Bertz CT molecular complexity index is 602. The summed E-state index contributed by atoms with van der Waals surface area (Å²) in [5.41, 5.74) is -0.00942. The molecule has 0 radical (unpaired) electrons. The lowest BCUT2D eigenvalue weighted by atomic mass is 10.1. The number of hydrogen-bond donors (Lipinski definition) is 0. The van der Waals surface area contributed by atoms with Gasteiger partial charge in [0.2, 0.25) is 11.8 Å². The van der Waals surface area contributed by atoms with Gasteiger partial charge < -0.3 is 9.80 Å². The number of carbonyl (C=O) groups excluding carboxylic acids is 2. The summed E-state index contributed by atoms with van der Waals surface area (Å²) in [6, 6.07) is 3.77. The summed E-state index contributed by atoms with van der Waals surface area (Å²) in [5, 5.41) is 0. The summed E-state index contributed by atoms with van der Waals surface area (Å²) in [5.74, 6) is -1.81. The van der Waals surface area contributed by atoms with Crippen molar-refractivity contribution in [2.24, 2.45) is 5.92 Å². The first-order valence-corrected chi connectivity index (χ1v) is 7.91. The van der Waals surface area contributed by atoms with Crippen molar-refractivity contribution in [3.63, 3.8) is 0 Å². The summed E-state index contributed by atoms with van der Waals surface area (Å²) >= 11 is 0. The third-order valence-electron chi connectivity index (χ3n) is 4.28. The largest absolute Gasteiger partial charge is 0.348 e. The van der Waals surface area contributed by atoms with E-state index in [1.165, 1.54) is 30.0 Å². The molecule has 1 aliphatic rings. The predicted molar refractivity (Wildman–Crippen MR) is 86.1 cm³/mol. The second-order valence-corrected chi connectivity index (χ2v) is 6.33. The zero-order valence-corrected chi connectivity index (χ0v) is 14.3. The summed E-state index contributed by atoms with van der Waals surface area (Å²) in [7, 11) is 3.32. The molecule has 1 aromatic rings. The van der Waals surface area contributed by atoms with Crippen LogP contribution in [0.1, 0.15) is 12.5 Å². The first-order valence-electron chi connectivity index (χ1n) is 7.91. The number of benzene rings is 1. The molecule has 1 aliphatic heterocycles. The van der Waals surface area contributed by atoms with Gasteiger partial charge in [-0.25, -0.2) is 8.78 Å². The van der Waals surface area contributed by atoms with Gasteiger partial charge in [0.15, 0.2) is 0 Å². The molecule has 1 unspecified atom stereocenters. The van der Waals surface area contributed by atoms with Crippen molar-refractivity contribution in [1.82, 2.24) is 14.7 Å². The molecule has 0 aliphatic carbocycles. The SMILES string of the molecule is CC(=O)N1CCN(Cc2c(F)cccc2F)CC(C(=O)N(C)C)C1. The summed E-state index contributed by atoms with van der Waals surface area (Å²) in [4.78, 5) is 29.0. The highest BCUT2D eigenvalue weighted by Crippen LogP contribution is 2.18. The second kappa shape index (κ2) is 7.70. The van der Waals surface area contributed by atoms with Crippen LogP contribution in [0.2, 0.25) is 0 Å². The first-order chi connectivity index (χ1) is 11.3. The normalized spacial score (nSPS) is 19.0. The van der Waals surface area contributed by atoms with E-state index in [-0.39, 0.29) is 23.9 Å².